The van der Waals surface area contributed by atoms with Gasteiger partial charge in [-0.05, 0) is 48.1 Å². The number of carbonyl (C=O) groups excluding carboxylic acids is 2. The van der Waals surface area contributed by atoms with E-state index in [0.29, 0.717) is 12.3 Å². The van der Waals surface area contributed by atoms with Crippen molar-refractivity contribution < 1.29 is 9.59 Å². The lowest BCUT2D eigenvalue weighted by atomic mass is 10.0. The molecular weight excluding hydrogens is 324 g/mol. The highest BCUT2D eigenvalue weighted by molar-refractivity contribution is 6.03. The second-order valence-electron chi connectivity index (χ2n) is 7.21. The Morgan fingerprint density at radius 2 is 1.58 bits per heavy atom. The minimum Gasteiger partial charge on any atom is -0.326 e. The van der Waals surface area contributed by atoms with Gasteiger partial charge in [-0.15, -0.1) is 0 Å². The van der Waals surface area contributed by atoms with Crippen LogP contribution >= 0.6 is 0 Å². The third kappa shape index (κ3) is 4.13. The van der Waals surface area contributed by atoms with Crippen LogP contribution in [0.2, 0.25) is 0 Å². The summed E-state index contributed by atoms with van der Waals surface area (Å²) in [5.74, 6) is -0.168. The van der Waals surface area contributed by atoms with Gasteiger partial charge in [0, 0.05) is 11.4 Å². The van der Waals surface area contributed by atoms with Crippen molar-refractivity contribution in [2.75, 3.05) is 10.6 Å². The molecule has 4 nitrogen and oxygen atoms in total. The van der Waals surface area contributed by atoms with Crippen molar-refractivity contribution in [3.8, 4) is 0 Å². The molecule has 2 amide bonds. The van der Waals surface area contributed by atoms with E-state index in [1.165, 1.54) is 5.56 Å². The number of nitrogens with one attached hydrogen (secondary N) is 2. The number of aryl methyl sites for hydroxylation is 1. The van der Waals surface area contributed by atoms with E-state index >= 15 is 0 Å². The first-order valence-electron chi connectivity index (χ1n) is 9.29. The van der Waals surface area contributed by atoms with Crippen molar-refractivity contribution in [1.29, 1.82) is 0 Å². The van der Waals surface area contributed by atoms with Crippen LogP contribution < -0.4 is 10.6 Å². The minimum absolute atomic E-state index is 0.0683. The first kappa shape index (κ1) is 18.2. The molecule has 0 aliphatic heterocycles. The summed E-state index contributed by atoms with van der Waals surface area (Å²) in [6.07, 6.45) is 1.47. The van der Waals surface area contributed by atoms with Crippen molar-refractivity contribution in [2.24, 2.45) is 11.8 Å². The van der Waals surface area contributed by atoms with Gasteiger partial charge < -0.3 is 10.6 Å². The molecule has 1 fully saturated rings. The van der Waals surface area contributed by atoms with E-state index in [4.69, 9.17) is 0 Å². The minimum atomic E-state index is -0.242. The zero-order valence-electron chi connectivity index (χ0n) is 15.6. The molecule has 0 bridgehead atoms. The van der Waals surface area contributed by atoms with Gasteiger partial charge in [0.15, 0.2) is 0 Å². The predicted molar refractivity (Wildman–Crippen MR) is 105 cm³/mol. The summed E-state index contributed by atoms with van der Waals surface area (Å²) in [6, 6.07) is 15.7. The van der Waals surface area contributed by atoms with Crippen LogP contribution in [0.3, 0.4) is 0 Å². The molecule has 0 heterocycles. The highest BCUT2D eigenvalue weighted by Gasteiger charge is 2.48. The molecule has 2 aromatic rings. The zero-order valence-corrected chi connectivity index (χ0v) is 15.6. The molecule has 26 heavy (non-hydrogen) atoms. The predicted octanol–water partition coefficient (Wildman–Crippen LogP) is 4.59. The van der Waals surface area contributed by atoms with Gasteiger partial charge in [0.05, 0.1) is 11.8 Å². The fourth-order valence-corrected chi connectivity index (χ4v) is 3.14. The van der Waals surface area contributed by atoms with Crippen molar-refractivity contribution in [3.63, 3.8) is 0 Å². The van der Waals surface area contributed by atoms with Crippen LogP contribution in [-0.4, -0.2) is 11.8 Å². The second-order valence-corrected chi connectivity index (χ2v) is 7.21. The smallest absolute Gasteiger partial charge is 0.228 e. The Morgan fingerprint density at radius 1 is 0.962 bits per heavy atom. The number of anilines is 2. The molecule has 1 aliphatic rings. The van der Waals surface area contributed by atoms with Crippen LogP contribution in [0.4, 0.5) is 11.4 Å². The Hall–Kier alpha value is -2.62. The molecule has 0 aromatic heterocycles. The van der Waals surface area contributed by atoms with Crippen molar-refractivity contribution >= 4 is 23.2 Å². The van der Waals surface area contributed by atoms with Gasteiger partial charge in [-0.2, -0.15) is 0 Å². The Bertz CT molecular complexity index is 796. The normalized spacial score (nSPS) is 18.5. The third-order valence-corrected chi connectivity index (χ3v) is 4.97. The molecule has 0 radical (unpaired) electrons. The number of amides is 2. The standard InChI is InChI=1S/C22H26N2O2/c1-4-15-7-5-6-8-20(15)24-22(26)19-13-18(19)21(25)23-17-11-9-16(10-12-17)14(2)3/h5-12,14,18-19H,4,13H2,1-3H3,(H,23,25)(H,24,26). The molecule has 2 N–H and O–H groups in total. The molecule has 136 valence electrons. The van der Waals surface area contributed by atoms with E-state index in [2.05, 4.69) is 31.4 Å². The largest absolute Gasteiger partial charge is 0.326 e. The molecule has 2 aromatic carbocycles. The molecule has 2 atom stereocenters. The topological polar surface area (TPSA) is 58.2 Å². The molecule has 2 unspecified atom stereocenters. The highest BCUT2D eigenvalue weighted by atomic mass is 16.2. The third-order valence-electron chi connectivity index (χ3n) is 4.97. The quantitative estimate of drug-likeness (QED) is 0.801. The first-order chi connectivity index (χ1) is 12.5. The summed E-state index contributed by atoms with van der Waals surface area (Å²) in [7, 11) is 0. The monoisotopic (exact) mass is 350 g/mol. The average molecular weight is 350 g/mol. The molecule has 0 saturated heterocycles. The van der Waals surface area contributed by atoms with Crippen LogP contribution in [0.1, 0.15) is 44.2 Å². The SMILES string of the molecule is CCc1ccccc1NC(=O)C1CC1C(=O)Nc1ccc(C(C)C)cc1. The highest BCUT2D eigenvalue weighted by Crippen LogP contribution is 2.40. The Labute approximate surface area is 155 Å². The fraction of sp³-hybridized carbons (Fsp3) is 0.364. The van der Waals surface area contributed by atoms with E-state index in [1.807, 2.05) is 48.5 Å². The number of para-hydroxylation sites is 1. The molecule has 3 rings (SSSR count). The fourth-order valence-electron chi connectivity index (χ4n) is 3.14. The molecule has 1 aliphatic carbocycles. The second kappa shape index (κ2) is 7.73. The van der Waals surface area contributed by atoms with E-state index < -0.39 is 0 Å². The number of benzene rings is 2. The van der Waals surface area contributed by atoms with Gasteiger partial charge in [0.1, 0.15) is 0 Å². The zero-order chi connectivity index (χ0) is 18.7. The lowest BCUT2D eigenvalue weighted by molar-refractivity contribution is -0.122. The van der Waals surface area contributed by atoms with E-state index in [-0.39, 0.29) is 23.7 Å². The van der Waals surface area contributed by atoms with Gasteiger partial charge in [0.25, 0.3) is 0 Å². The summed E-state index contributed by atoms with van der Waals surface area (Å²) in [5, 5.41) is 5.90. The average Bonchev–Trinajstić information content (AvgIpc) is 3.43. The maximum absolute atomic E-state index is 12.4. The molecule has 4 heteroatoms. The Kier molecular flexibility index (Phi) is 5.40. The number of rotatable bonds is 6. The lowest BCUT2D eigenvalue weighted by Crippen LogP contribution is -2.21. The maximum Gasteiger partial charge on any atom is 0.228 e. The Balaban J connectivity index is 1.55. The summed E-state index contributed by atoms with van der Waals surface area (Å²) in [6.45, 7) is 6.33. The van der Waals surface area contributed by atoms with Crippen molar-refractivity contribution in [3.05, 3.63) is 59.7 Å². The summed E-state index contributed by atoms with van der Waals surface area (Å²) in [5.41, 5.74) is 3.96. The van der Waals surface area contributed by atoms with Gasteiger partial charge in [-0.3, -0.25) is 9.59 Å². The van der Waals surface area contributed by atoms with Gasteiger partial charge in [0.2, 0.25) is 11.8 Å². The summed E-state index contributed by atoms with van der Waals surface area (Å²) in [4.78, 5) is 24.8. The number of hydrogen-bond acceptors (Lipinski definition) is 2. The summed E-state index contributed by atoms with van der Waals surface area (Å²) < 4.78 is 0. The van der Waals surface area contributed by atoms with Crippen molar-refractivity contribution in [1.82, 2.24) is 0 Å². The molecular formula is C22H26N2O2. The van der Waals surface area contributed by atoms with Crippen LogP contribution in [0.5, 0.6) is 0 Å². The van der Waals surface area contributed by atoms with Crippen LogP contribution in [0, 0.1) is 11.8 Å². The van der Waals surface area contributed by atoms with E-state index in [9.17, 15) is 9.59 Å². The van der Waals surface area contributed by atoms with Gasteiger partial charge >= 0.3 is 0 Å². The van der Waals surface area contributed by atoms with E-state index in [0.717, 1.165) is 23.4 Å². The van der Waals surface area contributed by atoms with Crippen LogP contribution in [-0.2, 0) is 16.0 Å². The van der Waals surface area contributed by atoms with Gasteiger partial charge in [-0.1, -0.05) is 51.1 Å². The maximum atomic E-state index is 12.4. The first-order valence-corrected chi connectivity index (χ1v) is 9.29. The van der Waals surface area contributed by atoms with Gasteiger partial charge in [-0.25, -0.2) is 0 Å². The molecule has 1 saturated carbocycles. The van der Waals surface area contributed by atoms with Crippen LogP contribution in [0.25, 0.3) is 0 Å². The summed E-state index contributed by atoms with van der Waals surface area (Å²) >= 11 is 0. The molecule has 0 spiro atoms. The Morgan fingerprint density at radius 3 is 2.19 bits per heavy atom. The van der Waals surface area contributed by atoms with Crippen molar-refractivity contribution in [2.45, 2.75) is 39.5 Å². The lowest BCUT2D eigenvalue weighted by Gasteiger charge is -2.10. The number of hydrogen-bond donors (Lipinski definition) is 2. The van der Waals surface area contributed by atoms with E-state index in [1.54, 1.807) is 0 Å². The van der Waals surface area contributed by atoms with Crippen LogP contribution in [0.15, 0.2) is 48.5 Å². The number of carbonyl (C=O) groups is 2.